The summed E-state index contributed by atoms with van der Waals surface area (Å²) in [5.74, 6) is 0.852. The summed E-state index contributed by atoms with van der Waals surface area (Å²) in [5, 5.41) is 11.4. The van der Waals surface area contributed by atoms with E-state index in [1.807, 2.05) is 26.0 Å². The number of hydrogen-bond acceptors (Lipinski definition) is 3. The van der Waals surface area contributed by atoms with Crippen molar-refractivity contribution in [2.24, 2.45) is 5.92 Å². The first-order chi connectivity index (χ1) is 10.4. The van der Waals surface area contributed by atoms with E-state index < -0.39 is 14.2 Å². The SMILES string of the molecule is CC(C)[C@@H](O)c1cnc(/C=C/[Si](C)(C)c2ccccc2)nc1. The van der Waals surface area contributed by atoms with Crippen LogP contribution in [0.3, 0.4) is 0 Å². The number of nitrogens with zero attached hydrogens (tertiary/aromatic N) is 2. The molecule has 0 aliphatic rings. The maximum absolute atomic E-state index is 10.0. The molecule has 1 aromatic carbocycles. The van der Waals surface area contributed by atoms with Gasteiger partial charge in [0.15, 0.2) is 5.82 Å². The third kappa shape index (κ3) is 4.12. The molecule has 0 radical (unpaired) electrons. The second-order valence-electron chi connectivity index (χ2n) is 6.48. The molecule has 0 saturated carbocycles. The lowest BCUT2D eigenvalue weighted by Crippen LogP contribution is -2.39. The van der Waals surface area contributed by atoms with E-state index in [1.54, 1.807) is 12.4 Å². The van der Waals surface area contributed by atoms with Gasteiger partial charge in [0.05, 0.1) is 6.10 Å². The largest absolute Gasteiger partial charge is 0.388 e. The molecule has 116 valence electrons. The van der Waals surface area contributed by atoms with E-state index in [0.29, 0.717) is 5.82 Å². The highest BCUT2D eigenvalue weighted by molar-refractivity contribution is 6.94. The van der Waals surface area contributed by atoms with E-state index in [1.165, 1.54) is 5.19 Å². The fourth-order valence-electron chi connectivity index (χ4n) is 2.22. The first-order valence-corrected chi connectivity index (χ1v) is 10.7. The second-order valence-corrected chi connectivity index (χ2v) is 10.8. The fourth-order valence-corrected chi connectivity index (χ4v) is 4.03. The van der Waals surface area contributed by atoms with Gasteiger partial charge in [0.25, 0.3) is 0 Å². The first kappa shape index (κ1) is 16.6. The third-order valence-electron chi connectivity index (χ3n) is 3.83. The Balaban J connectivity index is 2.13. The zero-order valence-electron chi connectivity index (χ0n) is 13.7. The van der Waals surface area contributed by atoms with Crippen LogP contribution in [0.15, 0.2) is 48.4 Å². The Hall–Kier alpha value is -1.78. The van der Waals surface area contributed by atoms with Gasteiger partial charge in [-0.1, -0.05) is 68.2 Å². The summed E-state index contributed by atoms with van der Waals surface area (Å²) < 4.78 is 0. The molecule has 2 rings (SSSR count). The highest BCUT2D eigenvalue weighted by Crippen LogP contribution is 2.19. The summed E-state index contributed by atoms with van der Waals surface area (Å²) in [6.45, 7) is 8.56. The van der Waals surface area contributed by atoms with Crippen molar-refractivity contribution in [3.63, 3.8) is 0 Å². The molecule has 0 aliphatic heterocycles. The van der Waals surface area contributed by atoms with Crippen LogP contribution in [-0.4, -0.2) is 23.1 Å². The molecule has 1 heterocycles. The lowest BCUT2D eigenvalue weighted by molar-refractivity contribution is 0.126. The van der Waals surface area contributed by atoms with E-state index >= 15 is 0 Å². The van der Waals surface area contributed by atoms with Crippen molar-refractivity contribution < 1.29 is 5.11 Å². The van der Waals surface area contributed by atoms with Crippen LogP contribution in [0.2, 0.25) is 13.1 Å². The molecular formula is C18H24N2OSi. The van der Waals surface area contributed by atoms with Gasteiger partial charge in [-0.2, -0.15) is 0 Å². The van der Waals surface area contributed by atoms with Crippen molar-refractivity contribution in [2.75, 3.05) is 0 Å². The van der Waals surface area contributed by atoms with Crippen molar-refractivity contribution in [3.05, 3.63) is 59.8 Å². The molecule has 0 aliphatic carbocycles. The van der Waals surface area contributed by atoms with Crippen molar-refractivity contribution in [1.82, 2.24) is 9.97 Å². The minimum atomic E-state index is -1.63. The minimum Gasteiger partial charge on any atom is -0.388 e. The molecule has 1 atom stereocenters. The second kappa shape index (κ2) is 6.98. The first-order valence-electron chi connectivity index (χ1n) is 7.65. The molecule has 0 fully saturated rings. The van der Waals surface area contributed by atoms with Gasteiger partial charge in [0, 0.05) is 18.0 Å². The smallest absolute Gasteiger partial charge is 0.151 e. The molecule has 22 heavy (non-hydrogen) atoms. The number of hydrogen-bond donors (Lipinski definition) is 1. The molecule has 3 nitrogen and oxygen atoms in total. The summed E-state index contributed by atoms with van der Waals surface area (Å²) in [7, 11) is -1.63. The summed E-state index contributed by atoms with van der Waals surface area (Å²) in [6.07, 6.45) is 4.92. The van der Waals surface area contributed by atoms with E-state index in [2.05, 4.69) is 53.0 Å². The topological polar surface area (TPSA) is 46.0 Å². The summed E-state index contributed by atoms with van der Waals surface area (Å²) in [5.41, 5.74) is 3.02. The van der Waals surface area contributed by atoms with Crippen molar-refractivity contribution in [2.45, 2.75) is 33.0 Å². The van der Waals surface area contributed by atoms with Gasteiger partial charge in [-0.3, -0.25) is 0 Å². The number of aliphatic hydroxyl groups is 1. The highest BCUT2D eigenvalue weighted by Gasteiger charge is 2.19. The molecule has 1 N–H and O–H groups in total. The van der Waals surface area contributed by atoms with Gasteiger partial charge in [-0.25, -0.2) is 9.97 Å². The van der Waals surface area contributed by atoms with Crippen LogP contribution in [0.1, 0.15) is 31.3 Å². The molecule has 1 aromatic heterocycles. The van der Waals surface area contributed by atoms with Crippen LogP contribution in [0.4, 0.5) is 0 Å². The predicted molar refractivity (Wildman–Crippen MR) is 94.4 cm³/mol. The quantitative estimate of drug-likeness (QED) is 0.861. The highest BCUT2D eigenvalue weighted by atomic mass is 28.3. The lowest BCUT2D eigenvalue weighted by Gasteiger charge is -2.18. The molecule has 0 saturated heterocycles. The Kier molecular flexibility index (Phi) is 5.27. The van der Waals surface area contributed by atoms with Gasteiger partial charge in [0.1, 0.15) is 8.07 Å². The number of benzene rings is 1. The lowest BCUT2D eigenvalue weighted by atomic mass is 10.0. The van der Waals surface area contributed by atoms with E-state index in [4.69, 9.17) is 0 Å². The summed E-state index contributed by atoms with van der Waals surface area (Å²) in [6, 6.07) is 10.6. The Morgan fingerprint density at radius 1 is 1.05 bits per heavy atom. The predicted octanol–water partition coefficient (Wildman–Crippen LogP) is 3.33. The van der Waals surface area contributed by atoms with Crippen molar-refractivity contribution >= 4 is 19.3 Å². The van der Waals surface area contributed by atoms with Gasteiger partial charge in [-0.05, 0) is 12.0 Å². The van der Waals surface area contributed by atoms with Crippen LogP contribution in [0.25, 0.3) is 6.08 Å². The van der Waals surface area contributed by atoms with Crippen LogP contribution in [-0.2, 0) is 0 Å². The molecule has 0 spiro atoms. The number of aromatic nitrogens is 2. The molecule has 2 aromatic rings. The van der Waals surface area contributed by atoms with Crippen LogP contribution < -0.4 is 5.19 Å². The van der Waals surface area contributed by atoms with Gasteiger partial charge < -0.3 is 5.11 Å². The maximum Gasteiger partial charge on any atom is 0.151 e. The Labute approximate surface area is 133 Å². The Bertz CT molecular complexity index is 621. The van der Waals surface area contributed by atoms with Gasteiger partial charge >= 0.3 is 0 Å². The summed E-state index contributed by atoms with van der Waals surface area (Å²) in [4.78, 5) is 8.69. The van der Waals surface area contributed by atoms with E-state index in [-0.39, 0.29) is 5.92 Å². The molecule has 0 unspecified atom stereocenters. The van der Waals surface area contributed by atoms with E-state index in [0.717, 1.165) is 5.56 Å². The average Bonchev–Trinajstić information content (AvgIpc) is 2.53. The number of aliphatic hydroxyl groups excluding tert-OH is 1. The molecular weight excluding hydrogens is 288 g/mol. The standard InChI is InChI=1S/C18H24N2OSi/c1-14(2)18(21)15-12-19-17(20-13-15)10-11-22(3,4)16-8-6-5-7-9-16/h5-14,18,21H,1-4H3/b11-10+/t18-/m1/s1. The van der Waals surface area contributed by atoms with Crippen LogP contribution >= 0.6 is 0 Å². The van der Waals surface area contributed by atoms with Crippen molar-refractivity contribution in [1.29, 1.82) is 0 Å². The Morgan fingerprint density at radius 2 is 1.64 bits per heavy atom. The van der Waals surface area contributed by atoms with Crippen LogP contribution in [0.5, 0.6) is 0 Å². The zero-order chi connectivity index (χ0) is 16.2. The fraction of sp³-hybridized carbons (Fsp3) is 0.333. The van der Waals surface area contributed by atoms with Gasteiger partial charge in [0.2, 0.25) is 0 Å². The molecule has 0 amide bonds. The molecule has 0 bridgehead atoms. The van der Waals surface area contributed by atoms with Crippen LogP contribution in [0, 0.1) is 5.92 Å². The molecule has 4 heteroatoms. The monoisotopic (exact) mass is 312 g/mol. The minimum absolute atomic E-state index is 0.161. The maximum atomic E-state index is 10.0. The normalized spacial score (nSPS) is 13.7. The average molecular weight is 312 g/mol. The Morgan fingerprint density at radius 3 is 2.18 bits per heavy atom. The third-order valence-corrected chi connectivity index (χ3v) is 6.65. The zero-order valence-corrected chi connectivity index (χ0v) is 14.7. The van der Waals surface area contributed by atoms with Crippen molar-refractivity contribution in [3.8, 4) is 0 Å². The summed E-state index contributed by atoms with van der Waals surface area (Å²) >= 11 is 0. The number of rotatable bonds is 5. The van der Waals surface area contributed by atoms with E-state index in [9.17, 15) is 5.11 Å². The van der Waals surface area contributed by atoms with Gasteiger partial charge in [-0.15, -0.1) is 0 Å².